The minimum absolute atomic E-state index is 0. The van der Waals surface area contributed by atoms with Crippen molar-refractivity contribution in [3.8, 4) is 0 Å². The summed E-state index contributed by atoms with van der Waals surface area (Å²) in [4.78, 5) is 0. The smallest absolute Gasteiger partial charge is 0.314 e. The number of hydrogen-bond donors (Lipinski definition) is 0. The molecule has 0 saturated heterocycles. The summed E-state index contributed by atoms with van der Waals surface area (Å²) in [5.41, 5.74) is 0. The molecule has 0 aromatic rings. The van der Waals surface area contributed by atoms with E-state index in [2.05, 4.69) is 9.05 Å². The Morgan fingerprint density at radius 3 is 2.44 bits per heavy atom. The second kappa shape index (κ2) is 8.77. The van der Waals surface area contributed by atoms with E-state index in [1.54, 1.807) is 0 Å². The molecule has 0 saturated carbocycles. The molecular formula is C4H11O3PZn. The van der Waals surface area contributed by atoms with Gasteiger partial charge in [-0.1, -0.05) is 6.92 Å². The van der Waals surface area contributed by atoms with E-state index in [4.69, 9.17) is 0 Å². The minimum atomic E-state index is -2.14. The van der Waals surface area contributed by atoms with Crippen molar-refractivity contribution in [1.82, 2.24) is 0 Å². The molecule has 0 spiro atoms. The van der Waals surface area contributed by atoms with Crippen molar-refractivity contribution in [2.24, 2.45) is 0 Å². The predicted molar refractivity (Wildman–Crippen MR) is 32.3 cm³/mol. The van der Waals surface area contributed by atoms with Gasteiger partial charge in [0.15, 0.2) is 0 Å². The van der Waals surface area contributed by atoms with Gasteiger partial charge in [-0.25, -0.2) is 0 Å². The van der Waals surface area contributed by atoms with E-state index >= 15 is 0 Å². The molecule has 0 bridgehead atoms. The van der Waals surface area contributed by atoms with Crippen molar-refractivity contribution in [3.05, 3.63) is 0 Å². The molecular weight excluding hydrogens is 192 g/mol. The molecule has 0 heterocycles. The third-order valence-electron chi connectivity index (χ3n) is 0.591. The molecule has 9 heavy (non-hydrogen) atoms. The molecule has 3 nitrogen and oxygen atoms in total. The van der Waals surface area contributed by atoms with E-state index in [-0.39, 0.29) is 19.5 Å². The first-order chi connectivity index (χ1) is 3.81. The third-order valence-corrected chi connectivity index (χ3v) is 1.36. The molecule has 1 atom stereocenters. The van der Waals surface area contributed by atoms with Gasteiger partial charge in [0.2, 0.25) is 0 Å². The summed E-state index contributed by atoms with van der Waals surface area (Å²) in [6.07, 6.45) is 0.875. The van der Waals surface area contributed by atoms with Crippen LogP contribution in [0.4, 0.5) is 0 Å². The fraction of sp³-hybridized carbons (Fsp3) is 1.00. The molecule has 0 aliphatic carbocycles. The summed E-state index contributed by atoms with van der Waals surface area (Å²) in [7, 11) is -0.770. The Labute approximate surface area is 68.8 Å². The Balaban J connectivity index is 0. The molecule has 52 valence electrons. The maximum Gasteiger partial charge on any atom is 0.318 e. The van der Waals surface area contributed by atoms with Gasteiger partial charge in [0.05, 0.1) is 6.61 Å². The number of rotatable bonds is 4. The van der Waals surface area contributed by atoms with Crippen LogP contribution >= 0.6 is 8.25 Å². The fourth-order valence-corrected chi connectivity index (χ4v) is 0.733. The van der Waals surface area contributed by atoms with Gasteiger partial charge < -0.3 is 9.05 Å². The molecule has 0 aliphatic rings. The van der Waals surface area contributed by atoms with Crippen LogP contribution in [-0.2, 0) is 33.1 Å². The summed E-state index contributed by atoms with van der Waals surface area (Å²) < 4.78 is 19.4. The molecule has 0 fully saturated rings. The normalized spacial score (nSPS) is 12.2. The predicted octanol–water partition coefficient (Wildman–Crippen LogP) is 1.45. The van der Waals surface area contributed by atoms with Crippen LogP contribution in [0.25, 0.3) is 0 Å². The van der Waals surface area contributed by atoms with E-state index in [1.807, 2.05) is 6.92 Å². The monoisotopic (exact) mass is 202 g/mol. The van der Waals surface area contributed by atoms with Crippen LogP contribution < -0.4 is 0 Å². The molecule has 5 heteroatoms. The maximum atomic E-state index is 10.3. The van der Waals surface area contributed by atoms with Crippen molar-refractivity contribution in [3.63, 3.8) is 0 Å². The standard InChI is InChI=1S/C4H11O3P.Zn/c1-3-4-7-8(5)6-2;/h8H,3-4H2,1-2H3;. The van der Waals surface area contributed by atoms with Crippen LogP contribution in [0.1, 0.15) is 13.3 Å². The molecule has 0 aromatic carbocycles. The maximum absolute atomic E-state index is 10.3. The van der Waals surface area contributed by atoms with Crippen LogP contribution in [0.15, 0.2) is 0 Å². The van der Waals surface area contributed by atoms with E-state index < -0.39 is 8.25 Å². The van der Waals surface area contributed by atoms with Gasteiger partial charge >= 0.3 is 8.25 Å². The van der Waals surface area contributed by atoms with E-state index in [0.717, 1.165) is 6.42 Å². The fourth-order valence-electron chi connectivity index (χ4n) is 0.244. The van der Waals surface area contributed by atoms with Crippen LogP contribution in [0, 0.1) is 0 Å². The van der Waals surface area contributed by atoms with Crippen molar-refractivity contribution in [1.29, 1.82) is 0 Å². The first kappa shape index (κ1) is 12.4. The van der Waals surface area contributed by atoms with E-state index in [9.17, 15) is 4.57 Å². The average Bonchev–Trinajstić information content (AvgIpc) is 1.83. The molecule has 0 aliphatic heterocycles. The van der Waals surface area contributed by atoms with Gasteiger partial charge in [0.25, 0.3) is 0 Å². The second-order valence-electron chi connectivity index (χ2n) is 1.30. The third kappa shape index (κ3) is 8.77. The quantitative estimate of drug-likeness (QED) is 0.512. The van der Waals surface area contributed by atoms with Crippen LogP contribution in [0.5, 0.6) is 0 Å². The SMILES string of the molecule is CCCO[PH](=O)OC.[Zn]. The van der Waals surface area contributed by atoms with Crippen LogP contribution in [0.2, 0.25) is 0 Å². The van der Waals surface area contributed by atoms with Gasteiger partial charge in [-0.15, -0.1) is 0 Å². The van der Waals surface area contributed by atoms with Gasteiger partial charge in [0.1, 0.15) is 0 Å². The van der Waals surface area contributed by atoms with E-state index in [1.165, 1.54) is 7.11 Å². The number of hydrogen-bond acceptors (Lipinski definition) is 3. The van der Waals surface area contributed by atoms with Gasteiger partial charge in [-0.05, 0) is 6.42 Å². The van der Waals surface area contributed by atoms with Crippen molar-refractivity contribution < 1.29 is 33.1 Å². The topological polar surface area (TPSA) is 35.5 Å². The first-order valence-electron chi connectivity index (χ1n) is 2.52. The van der Waals surface area contributed by atoms with Crippen LogP contribution in [-0.4, -0.2) is 13.7 Å². The zero-order valence-electron chi connectivity index (χ0n) is 5.85. The zero-order chi connectivity index (χ0) is 6.41. The average molecular weight is 203 g/mol. The summed E-state index contributed by atoms with van der Waals surface area (Å²) in [5, 5.41) is 0. The molecule has 1 unspecified atom stereocenters. The van der Waals surface area contributed by atoms with Crippen LogP contribution in [0.3, 0.4) is 0 Å². The van der Waals surface area contributed by atoms with E-state index in [0.29, 0.717) is 6.61 Å². The molecule has 0 rings (SSSR count). The summed E-state index contributed by atoms with van der Waals surface area (Å²) in [5.74, 6) is 0. The molecule has 0 radical (unpaired) electrons. The Kier molecular flexibility index (Phi) is 12.1. The van der Waals surface area contributed by atoms with Gasteiger partial charge in [-0.2, -0.15) is 0 Å². The second-order valence-corrected chi connectivity index (χ2v) is 2.50. The Morgan fingerprint density at radius 1 is 1.56 bits per heavy atom. The Hall–Kier alpha value is 0.773. The Bertz CT molecular complexity index is 78.2. The summed E-state index contributed by atoms with van der Waals surface area (Å²) >= 11 is 0. The zero-order valence-corrected chi connectivity index (χ0v) is 9.81. The van der Waals surface area contributed by atoms with Crippen molar-refractivity contribution >= 4 is 8.25 Å². The Morgan fingerprint density at radius 2 is 2.11 bits per heavy atom. The minimum Gasteiger partial charge on any atom is -0.314 e. The molecule has 0 aromatic heterocycles. The summed E-state index contributed by atoms with van der Waals surface area (Å²) in [6.45, 7) is 2.47. The summed E-state index contributed by atoms with van der Waals surface area (Å²) in [6, 6.07) is 0. The molecule has 0 N–H and O–H groups in total. The molecule has 0 amide bonds. The largest absolute Gasteiger partial charge is 0.318 e. The van der Waals surface area contributed by atoms with Gasteiger partial charge in [-0.3, -0.25) is 4.57 Å². The van der Waals surface area contributed by atoms with Crippen molar-refractivity contribution in [2.45, 2.75) is 13.3 Å². The van der Waals surface area contributed by atoms with Crippen molar-refractivity contribution in [2.75, 3.05) is 13.7 Å². The van der Waals surface area contributed by atoms with Gasteiger partial charge in [0, 0.05) is 26.6 Å². The first-order valence-corrected chi connectivity index (χ1v) is 3.74.